The molecule has 0 atom stereocenters. The second kappa shape index (κ2) is 7.09. The molecule has 0 unspecified atom stereocenters. The zero-order valence-electron chi connectivity index (χ0n) is 13.9. The summed E-state index contributed by atoms with van der Waals surface area (Å²) in [5.74, 6) is -0.845. The minimum Gasteiger partial charge on any atom is -0.452 e. The van der Waals surface area contributed by atoms with Crippen molar-refractivity contribution < 1.29 is 14.3 Å². The molecule has 0 heterocycles. The number of rotatable bonds is 4. The normalized spacial score (nSPS) is 10.3. The van der Waals surface area contributed by atoms with Crippen LogP contribution in [0.2, 0.25) is 0 Å². The molecule has 2 rings (SSSR count). The fraction of sp³-hybridized carbons (Fsp3) is 0.263. The van der Waals surface area contributed by atoms with Crippen molar-refractivity contribution in [1.29, 1.82) is 0 Å². The van der Waals surface area contributed by atoms with Crippen LogP contribution in [-0.2, 0) is 9.53 Å². The Hall–Kier alpha value is -2.62. The summed E-state index contributed by atoms with van der Waals surface area (Å²) >= 11 is 0. The smallest absolute Gasteiger partial charge is 0.338 e. The van der Waals surface area contributed by atoms with Crippen LogP contribution in [-0.4, -0.2) is 18.5 Å². The first-order valence-electron chi connectivity index (χ1n) is 7.48. The molecule has 1 N–H and O–H groups in total. The van der Waals surface area contributed by atoms with Gasteiger partial charge >= 0.3 is 5.97 Å². The average Bonchev–Trinajstić information content (AvgIpc) is 2.48. The molecule has 1 amide bonds. The van der Waals surface area contributed by atoms with E-state index in [1.54, 1.807) is 18.2 Å². The Morgan fingerprint density at radius 1 is 0.957 bits per heavy atom. The Morgan fingerprint density at radius 3 is 2.22 bits per heavy atom. The van der Waals surface area contributed by atoms with Crippen molar-refractivity contribution in [3.63, 3.8) is 0 Å². The largest absolute Gasteiger partial charge is 0.452 e. The molecule has 0 bridgehead atoms. The molecule has 120 valence electrons. The molecule has 23 heavy (non-hydrogen) atoms. The number of carbonyl (C=O) groups is 2. The van der Waals surface area contributed by atoms with Gasteiger partial charge in [-0.15, -0.1) is 0 Å². The summed E-state index contributed by atoms with van der Waals surface area (Å²) in [6.07, 6.45) is 0. The number of hydrogen-bond acceptors (Lipinski definition) is 3. The van der Waals surface area contributed by atoms with Crippen LogP contribution in [0.5, 0.6) is 0 Å². The zero-order valence-corrected chi connectivity index (χ0v) is 13.9. The topological polar surface area (TPSA) is 55.4 Å². The van der Waals surface area contributed by atoms with Crippen molar-refractivity contribution in [2.75, 3.05) is 11.9 Å². The highest BCUT2D eigenvalue weighted by molar-refractivity contribution is 5.96. The number of ether oxygens (including phenoxy) is 1. The Labute approximate surface area is 136 Å². The lowest BCUT2D eigenvalue weighted by Gasteiger charge is -2.13. The number of benzene rings is 2. The van der Waals surface area contributed by atoms with Crippen molar-refractivity contribution in [3.05, 3.63) is 64.2 Å². The minimum atomic E-state index is -0.499. The monoisotopic (exact) mass is 311 g/mol. The van der Waals surface area contributed by atoms with Gasteiger partial charge in [0.1, 0.15) is 0 Å². The molecule has 0 saturated carbocycles. The maximum atomic E-state index is 12.0. The lowest BCUT2D eigenvalue weighted by Crippen LogP contribution is -2.22. The van der Waals surface area contributed by atoms with Crippen molar-refractivity contribution in [3.8, 4) is 0 Å². The van der Waals surface area contributed by atoms with E-state index in [9.17, 15) is 9.59 Å². The maximum Gasteiger partial charge on any atom is 0.338 e. The number of amides is 1. The Balaban J connectivity index is 1.97. The standard InChI is InChI=1S/C19H21NO3/c1-12-6-5-7-16(10-12)19(22)23-11-17(21)20-18-14(3)8-13(2)9-15(18)4/h5-10H,11H2,1-4H3,(H,20,21). The summed E-state index contributed by atoms with van der Waals surface area (Å²) in [7, 11) is 0. The molecular formula is C19H21NO3. The van der Waals surface area contributed by atoms with E-state index in [4.69, 9.17) is 4.74 Å². The minimum absolute atomic E-state index is 0.306. The van der Waals surface area contributed by atoms with Gasteiger partial charge in [-0.05, 0) is 51.0 Å². The first kappa shape index (κ1) is 16.7. The molecule has 0 spiro atoms. The molecule has 0 fully saturated rings. The summed E-state index contributed by atoms with van der Waals surface area (Å²) in [4.78, 5) is 23.9. The van der Waals surface area contributed by atoms with Gasteiger partial charge in [-0.2, -0.15) is 0 Å². The lowest BCUT2D eigenvalue weighted by atomic mass is 10.1. The average molecular weight is 311 g/mol. The molecule has 0 aliphatic heterocycles. The molecule has 4 heteroatoms. The number of nitrogens with one attached hydrogen (secondary N) is 1. The molecule has 0 aromatic heterocycles. The second-order valence-electron chi connectivity index (χ2n) is 5.77. The van der Waals surface area contributed by atoms with E-state index >= 15 is 0 Å². The van der Waals surface area contributed by atoms with Crippen molar-refractivity contribution in [1.82, 2.24) is 0 Å². The van der Waals surface area contributed by atoms with Crippen LogP contribution in [0.1, 0.15) is 32.6 Å². The molecule has 0 saturated heterocycles. The highest BCUT2D eigenvalue weighted by Gasteiger charge is 2.12. The summed E-state index contributed by atoms with van der Waals surface area (Å²) in [6.45, 7) is 7.48. The van der Waals surface area contributed by atoms with E-state index in [0.29, 0.717) is 5.56 Å². The van der Waals surface area contributed by atoms with Crippen LogP contribution >= 0.6 is 0 Å². The van der Waals surface area contributed by atoms with Gasteiger partial charge in [0, 0.05) is 5.69 Å². The Morgan fingerprint density at radius 2 is 1.61 bits per heavy atom. The van der Waals surface area contributed by atoms with Crippen molar-refractivity contribution in [2.45, 2.75) is 27.7 Å². The number of aryl methyl sites for hydroxylation is 4. The highest BCUT2D eigenvalue weighted by Crippen LogP contribution is 2.21. The number of anilines is 1. The fourth-order valence-electron chi connectivity index (χ4n) is 2.54. The first-order valence-corrected chi connectivity index (χ1v) is 7.48. The van der Waals surface area contributed by atoms with E-state index in [2.05, 4.69) is 5.32 Å². The molecule has 2 aromatic carbocycles. The van der Waals surface area contributed by atoms with E-state index < -0.39 is 5.97 Å². The Bertz CT molecular complexity index is 727. The van der Waals surface area contributed by atoms with E-state index in [1.165, 1.54) is 0 Å². The summed E-state index contributed by atoms with van der Waals surface area (Å²) < 4.78 is 5.07. The van der Waals surface area contributed by atoms with Crippen LogP contribution in [0.25, 0.3) is 0 Å². The van der Waals surface area contributed by atoms with Gasteiger partial charge in [0.2, 0.25) is 0 Å². The number of hydrogen-bond donors (Lipinski definition) is 1. The molecule has 4 nitrogen and oxygen atoms in total. The van der Waals surface area contributed by atoms with Gasteiger partial charge in [0.25, 0.3) is 5.91 Å². The van der Waals surface area contributed by atoms with E-state index in [-0.39, 0.29) is 12.5 Å². The molecular weight excluding hydrogens is 290 g/mol. The highest BCUT2D eigenvalue weighted by atomic mass is 16.5. The third-order valence-electron chi connectivity index (χ3n) is 3.53. The van der Waals surface area contributed by atoms with E-state index in [0.717, 1.165) is 27.9 Å². The zero-order chi connectivity index (χ0) is 17.0. The van der Waals surface area contributed by atoms with Gasteiger partial charge in [-0.25, -0.2) is 4.79 Å². The quantitative estimate of drug-likeness (QED) is 0.876. The van der Waals surface area contributed by atoms with Gasteiger partial charge in [0.05, 0.1) is 5.56 Å². The molecule has 0 aliphatic carbocycles. The van der Waals surface area contributed by atoms with Crippen molar-refractivity contribution >= 4 is 17.6 Å². The van der Waals surface area contributed by atoms with Crippen LogP contribution < -0.4 is 5.32 Å². The third-order valence-corrected chi connectivity index (χ3v) is 3.53. The SMILES string of the molecule is Cc1cccc(C(=O)OCC(=O)Nc2c(C)cc(C)cc2C)c1. The number of esters is 1. The second-order valence-corrected chi connectivity index (χ2v) is 5.77. The number of carbonyl (C=O) groups excluding carboxylic acids is 2. The van der Waals surface area contributed by atoms with Crippen LogP contribution in [0, 0.1) is 27.7 Å². The molecule has 2 aromatic rings. The molecule has 0 aliphatic rings. The van der Waals surface area contributed by atoms with E-state index in [1.807, 2.05) is 45.9 Å². The Kier molecular flexibility index (Phi) is 5.16. The van der Waals surface area contributed by atoms with Gasteiger partial charge in [-0.3, -0.25) is 4.79 Å². The first-order chi connectivity index (χ1) is 10.9. The predicted molar refractivity (Wildman–Crippen MR) is 90.7 cm³/mol. The van der Waals surface area contributed by atoms with Crippen LogP contribution in [0.3, 0.4) is 0 Å². The summed E-state index contributed by atoms with van der Waals surface area (Å²) in [6, 6.07) is 11.1. The summed E-state index contributed by atoms with van der Waals surface area (Å²) in [5.41, 5.74) is 5.30. The van der Waals surface area contributed by atoms with Crippen molar-refractivity contribution in [2.24, 2.45) is 0 Å². The maximum absolute atomic E-state index is 12.0. The summed E-state index contributed by atoms with van der Waals surface area (Å²) in [5, 5.41) is 2.81. The van der Waals surface area contributed by atoms with Gasteiger partial charge in [-0.1, -0.05) is 35.4 Å². The van der Waals surface area contributed by atoms with Crippen LogP contribution in [0.15, 0.2) is 36.4 Å². The third kappa shape index (κ3) is 4.42. The molecule has 0 radical (unpaired) electrons. The van der Waals surface area contributed by atoms with Gasteiger partial charge < -0.3 is 10.1 Å². The predicted octanol–water partition coefficient (Wildman–Crippen LogP) is 3.72. The lowest BCUT2D eigenvalue weighted by molar-refractivity contribution is -0.119. The fourth-order valence-corrected chi connectivity index (χ4v) is 2.54. The van der Waals surface area contributed by atoms with Gasteiger partial charge in [0.15, 0.2) is 6.61 Å². The van der Waals surface area contributed by atoms with Crippen LogP contribution in [0.4, 0.5) is 5.69 Å².